The van der Waals surface area contributed by atoms with Crippen LogP contribution in [0, 0.1) is 0 Å². The average molecular weight is 521 g/mol. The minimum atomic E-state index is -0.259. The van der Waals surface area contributed by atoms with Gasteiger partial charge in [-0.3, -0.25) is 4.79 Å². The number of hydrogen-bond donors (Lipinski definition) is 3. The molecule has 1 fully saturated rings. The van der Waals surface area contributed by atoms with E-state index in [1.807, 2.05) is 18.2 Å². The summed E-state index contributed by atoms with van der Waals surface area (Å²) in [5.41, 5.74) is 2.40. The maximum absolute atomic E-state index is 13.6. The second-order valence-electron chi connectivity index (χ2n) is 9.12. The summed E-state index contributed by atoms with van der Waals surface area (Å²) in [5, 5.41) is 13.5. The minimum absolute atomic E-state index is 0.00202. The number of aromatic amines is 1. The molecular weight excluding hydrogens is 496 g/mol. The first-order valence-electron chi connectivity index (χ1n) is 12.2. The molecule has 4 heterocycles. The molecule has 2 aromatic heterocycles. The zero-order chi connectivity index (χ0) is 25.4. The molecule has 2 aliphatic heterocycles. The lowest BCUT2D eigenvalue weighted by Gasteiger charge is -2.29. The SMILES string of the molecule is O=C(c1ccc(Oc2cccc3c2OCC3)cc1Cl)c1c[nH]c2ncnc(N[C@@H]3CC[C@@H](CO)OC3)c12. The van der Waals surface area contributed by atoms with E-state index in [2.05, 4.69) is 20.3 Å². The van der Waals surface area contributed by atoms with E-state index in [0.29, 0.717) is 52.7 Å². The summed E-state index contributed by atoms with van der Waals surface area (Å²) < 4.78 is 17.4. The number of fused-ring (bicyclic) bond motifs is 2. The Kier molecular flexibility index (Phi) is 6.42. The van der Waals surface area contributed by atoms with Crippen molar-refractivity contribution in [3.8, 4) is 17.2 Å². The molecule has 6 rings (SSSR count). The van der Waals surface area contributed by atoms with E-state index in [1.54, 1.807) is 24.4 Å². The number of H-pyrrole nitrogens is 1. The summed E-state index contributed by atoms with van der Waals surface area (Å²) >= 11 is 6.57. The van der Waals surface area contributed by atoms with Gasteiger partial charge in [-0.05, 0) is 31.0 Å². The van der Waals surface area contributed by atoms with E-state index >= 15 is 0 Å². The van der Waals surface area contributed by atoms with Crippen molar-refractivity contribution in [3.05, 3.63) is 70.6 Å². The van der Waals surface area contributed by atoms with Gasteiger partial charge in [-0.1, -0.05) is 23.7 Å². The van der Waals surface area contributed by atoms with Crippen molar-refractivity contribution >= 4 is 34.2 Å². The molecule has 2 aromatic carbocycles. The third-order valence-electron chi connectivity index (χ3n) is 6.72. The molecule has 2 atom stereocenters. The van der Waals surface area contributed by atoms with Crippen LogP contribution in [0.1, 0.15) is 34.3 Å². The molecule has 0 radical (unpaired) electrons. The summed E-state index contributed by atoms with van der Waals surface area (Å²) in [7, 11) is 0. The fraction of sp³-hybridized carbons (Fsp3) is 0.296. The van der Waals surface area contributed by atoms with Crippen LogP contribution in [0.15, 0.2) is 48.9 Å². The van der Waals surface area contributed by atoms with Gasteiger partial charge in [0.15, 0.2) is 17.3 Å². The third kappa shape index (κ3) is 4.61. The van der Waals surface area contributed by atoms with Crippen molar-refractivity contribution < 1.29 is 24.1 Å². The van der Waals surface area contributed by atoms with Crippen molar-refractivity contribution in [1.82, 2.24) is 15.0 Å². The van der Waals surface area contributed by atoms with Crippen LogP contribution in [0.5, 0.6) is 17.2 Å². The van der Waals surface area contributed by atoms with Crippen LogP contribution in [0.2, 0.25) is 5.02 Å². The number of para-hydroxylation sites is 1. The number of hydrogen-bond acceptors (Lipinski definition) is 8. The Bertz CT molecular complexity index is 1460. The number of ketones is 1. The number of halogens is 1. The molecule has 0 bridgehead atoms. The van der Waals surface area contributed by atoms with Gasteiger partial charge < -0.3 is 29.6 Å². The quantitative estimate of drug-likeness (QED) is 0.304. The number of aliphatic hydroxyl groups excluding tert-OH is 1. The van der Waals surface area contributed by atoms with E-state index in [9.17, 15) is 9.90 Å². The number of benzene rings is 2. The highest BCUT2D eigenvalue weighted by molar-refractivity contribution is 6.35. The molecule has 0 spiro atoms. The standard InChI is InChI=1S/C27H25ClN4O5/c28-21-10-17(37-22-3-1-2-15-8-9-35-25(15)22)6-7-19(21)24(34)20-11-29-26-23(20)27(31-14-30-26)32-16-4-5-18(12-33)36-13-16/h1-3,6-7,10-11,14,16,18,33H,4-5,8-9,12-13H2,(H2,29,30,31,32)/t16-,18+/m1/s1. The number of nitrogens with zero attached hydrogens (tertiary/aromatic N) is 2. The Morgan fingerprint density at radius 2 is 2.14 bits per heavy atom. The molecule has 10 heteroatoms. The summed E-state index contributed by atoms with van der Waals surface area (Å²) in [6.45, 7) is 1.08. The predicted molar refractivity (Wildman–Crippen MR) is 138 cm³/mol. The van der Waals surface area contributed by atoms with Gasteiger partial charge in [-0.2, -0.15) is 0 Å². The van der Waals surface area contributed by atoms with Gasteiger partial charge >= 0.3 is 0 Å². The Morgan fingerprint density at radius 1 is 1.22 bits per heavy atom. The van der Waals surface area contributed by atoms with Gasteiger partial charge in [0.1, 0.15) is 23.5 Å². The fourth-order valence-electron chi connectivity index (χ4n) is 4.79. The normalized spacial score (nSPS) is 18.9. The molecule has 4 aromatic rings. The zero-order valence-electron chi connectivity index (χ0n) is 19.9. The molecule has 9 nitrogen and oxygen atoms in total. The number of aromatic nitrogens is 3. The number of carbonyl (C=O) groups excluding carboxylic acids is 1. The number of rotatable bonds is 7. The highest BCUT2D eigenvalue weighted by Gasteiger charge is 2.25. The molecule has 0 aliphatic carbocycles. The van der Waals surface area contributed by atoms with Crippen LogP contribution in [0.4, 0.5) is 5.82 Å². The molecule has 190 valence electrons. The van der Waals surface area contributed by atoms with E-state index in [-0.39, 0.29) is 29.6 Å². The summed E-state index contributed by atoms with van der Waals surface area (Å²) in [4.78, 5) is 25.3. The Labute approximate surface area is 217 Å². The van der Waals surface area contributed by atoms with E-state index in [0.717, 1.165) is 30.6 Å². The second kappa shape index (κ2) is 10.0. The van der Waals surface area contributed by atoms with Crippen molar-refractivity contribution in [2.75, 3.05) is 25.1 Å². The number of carbonyl (C=O) groups is 1. The van der Waals surface area contributed by atoms with E-state index in [1.165, 1.54) is 6.33 Å². The third-order valence-corrected chi connectivity index (χ3v) is 7.03. The highest BCUT2D eigenvalue weighted by Crippen LogP contribution is 2.39. The van der Waals surface area contributed by atoms with Gasteiger partial charge in [0.05, 0.1) is 47.9 Å². The van der Waals surface area contributed by atoms with Gasteiger partial charge in [-0.15, -0.1) is 0 Å². The molecule has 37 heavy (non-hydrogen) atoms. The first-order chi connectivity index (χ1) is 18.1. The maximum atomic E-state index is 13.6. The van der Waals surface area contributed by atoms with Crippen LogP contribution in [-0.2, 0) is 11.2 Å². The molecule has 2 aliphatic rings. The summed E-state index contributed by atoms with van der Waals surface area (Å²) in [6.07, 6.45) is 5.33. The molecule has 1 saturated heterocycles. The molecule has 0 saturated carbocycles. The minimum Gasteiger partial charge on any atom is -0.489 e. The van der Waals surface area contributed by atoms with Gasteiger partial charge in [0.25, 0.3) is 0 Å². The molecule has 0 unspecified atom stereocenters. The topological polar surface area (TPSA) is 119 Å². The number of ether oxygens (including phenoxy) is 3. The van der Waals surface area contributed by atoms with Crippen LogP contribution in [-0.4, -0.2) is 57.8 Å². The Morgan fingerprint density at radius 3 is 2.95 bits per heavy atom. The van der Waals surface area contributed by atoms with Gasteiger partial charge in [-0.25, -0.2) is 9.97 Å². The lowest BCUT2D eigenvalue weighted by molar-refractivity contribution is -0.0224. The van der Waals surface area contributed by atoms with Crippen LogP contribution >= 0.6 is 11.6 Å². The largest absolute Gasteiger partial charge is 0.489 e. The van der Waals surface area contributed by atoms with Crippen molar-refractivity contribution in [3.63, 3.8) is 0 Å². The predicted octanol–water partition coefficient (Wildman–Crippen LogP) is 4.52. The lowest BCUT2D eigenvalue weighted by atomic mass is 10.0. The lowest BCUT2D eigenvalue weighted by Crippen LogP contribution is -2.36. The van der Waals surface area contributed by atoms with E-state index < -0.39 is 0 Å². The van der Waals surface area contributed by atoms with Crippen molar-refractivity contribution in [2.45, 2.75) is 31.4 Å². The fourth-order valence-corrected chi connectivity index (χ4v) is 5.05. The van der Waals surface area contributed by atoms with Crippen LogP contribution in [0.25, 0.3) is 11.0 Å². The first kappa shape index (κ1) is 23.7. The van der Waals surface area contributed by atoms with Gasteiger partial charge in [0, 0.05) is 29.8 Å². The van der Waals surface area contributed by atoms with Crippen LogP contribution in [0.3, 0.4) is 0 Å². The highest BCUT2D eigenvalue weighted by atomic mass is 35.5. The summed E-state index contributed by atoms with van der Waals surface area (Å²) in [5.74, 6) is 2.15. The molecule has 0 amide bonds. The molecular formula is C27H25ClN4O5. The van der Waals surface area contributed by atoms with E-state index in [4.69, 9.17) is 25.8 Å². The van der Waals surface area contributed by atoms with Crippen LogP contribution < -0.4 is 14.8 Å². The molecule has 3 N–H and O–H groups in total. The van der Waals surface area contributed by atoms with Crippen molar-refractivity contribution in [1.29, 1.82) is 0 Å². The maximum Gasteiger partial charge on any atom is 0.196 e. The smallest absolute Gasteiger partial charge is 0.196 e. The number of nitrogens with one attached hydrogen (secondary N) is 2. The first-order valence-corrected chi connectivity index (χ1v) is 12.6. The summed E-state index contributed by atoms with van der Waals surface area (Å²) in [6, 6.07) is 10.8. The number of anilines is 1. The Balaban J connectivity index is 1.25. The number of aliphatic hydroxyl groups is 1. The van der Waals surface area contributed by atoms with Crippen molar-refractivity contribution in [2.24, 2.45) is 0 Å². The second-order valence-corrected chi connectivity index (χ2v) is 9.53. The average Bonchev–Trinajstić information content (AvgIpc) is 3.57. The Hall–Kier alpha value is -3.66. The zero-order valence-corrected chi connectivity index (χ0v) is 20.6. The monoisotopic (exact) mass is 520 g/mol. The van der Waals surface area contributed by atoms with Gasteiger partial charge in [0.2, 0.25) is 0 Å².